The van der Waals surface area contributed by atoms with Crippen LogP contribution in [0.15, 0.2) is 53.9 Å². The molecule has 0 spiro atoms. The van der Waals surface area contributed by atoms with Gasteiger partial charge in [0.15, 0.2) is 5.75 Å². The summed E-state index contributed by atoms with van der Waals surface area (Å²) in [4.78, 5) is 36.5. The molecule has 0 saturated heterocycles. The monoisotopic (exact) mass is 445 g/mol. The molecule has 0 aliphatic carbocycles. The van der Waals surface area contributed by atoms with Crippen molar-refractivity contribution in [3.63, 3.8) is 0 Å². The molecule has 0 aliphatic heterocycles. The molecular formula is C21H16ClNO6S. The van der Waals surface area contributed by atoms with Gasteiger partial charge in [0.25, 0.3) is 5.91 Å². The van der Waals surface area contributed by atoms with Gasteiger partial charge in [-0.05, 0) is 41.8 Å². The Morgan fingerprint density at radius 1 is 0.900 bits per heavy atom. The van der Waals surface area contributed by atoms with Gasteiger partial charge >= 0.3 is 11.9 Å². The summed E-state index contributed by atoms with van der Waals surface area (Å²) in [5.74, 6) is -1.18. The number of carbonyl (C=O) groups excluding carboxylic acids is 3. The fourth-order valence-corrected chi connectivity index (χ4v) is 3.50. The largest absolute Gasteiger partial charge is 0.465 e. The van der Waals surface area contributed by atoms with Crippen molar-refractivity contribution in [3.8, 4) is 11.5 Å². The van der Waals surface area contributed by atoms with Crippen molar-refractivity contribution >= 4 is 46.5 Å². The van der Waals surface area contributed by atoms with Crippen molar-refractivity contribution in [2.45, 2.75) is 0 Å². The maximum Gasteiger partial charge on any atom is 0.338 e. The first-order valence-electron chi connectivity index (χ1n) is 8.56. The number of thiophene rings is 1. The molecule has 154 valence electrons. The molecule has 3 rings (SSSR count). The second kappa shape index (κ2) is 9.43. The molecule has 0 fully saturated rings. The van der Waals surface area contributed by atoms with Gasteiger partial charge in [-0.25, -0.2) is 9.59 Å². The van der Waals surface area contributed by atoms with Crippen LogP contribution in [0.2, 0.25) is 4.34 Å². The van der Waals surface area contributed by atoms with Crippen LogP contribution in [-0.4, -0.2) is 32.1 Å². The number of halogens is 1. The van der Waals surface area contributed by atoms with Crippen molar-refractivity contribution in [1.29, 1.82) is 0 Å². The van der Waals surface area contributed by atoms with Gasteiger partial charge in [-0.1, -0.05) is 23.7 Å². The molecule has 0 radical (unpaired) electrons. The SMILES string of the molecule is COC(=O)c1ccc(Oc2ccccc2NC(=O)c2ccsc2Cl)cc1C(=O)OC. The lowest BCUT2D eigenvalue weighted by Gasteiger charge is -2.13. The van der Waals surface area contributed by atoms with Crippen molar-refractivity contribution < 1.29 is 28.6 Å². The van der Waals surface area contributed by atoms with E-state index in [1.807, 2.05) is 0 Å². The first-order chi connectivity index (χ1) is 14.4. The van der Waals surface area contributed by atoms with Gasteiger partial charge in [-0.15, -0.1) is 11.3 Å². The van der Waals surface area contributed by atoms with Crippen LogP contribution in [0.1, 0.15) is 31.1 Å². The van der Waals surface area contributed by atoms with E-state index in [4.69, 9.17) is 25.8 Å². The molecule has 1 amide bonds. The summed E-state index contributed by atoms with van der Waals surface area (Å²) in [5, 5.41) is 4.47. The van der Waals surface area contributed by atoms with Crippen LogP contribution in [0.3, 0.4) is 0 Å². The van der Waals surface area contributed by atoms with E-state index in [2.05, 4.69) is 5.32 Å². The lowest BCUT2D eigenvalue weighted by atomic mass is 10.1. The number of hydrogen-bond acceptors (Lipinski definition) is 7. The van der Waals surface area contributed by atoms with Crippen LogP contribution in [0.4, 0.5) is 5.69 Å². The summed E-state index contributed by atoms with van der Waals surface area (Å²) in [7, 11) is 2.42. The number of carbonyl (C=O) groups is 3. The second-order valence-electron chi connectivity index (χ2n) is 5.85. The number of esters is 2. The minimum Gasteiger partial charge on any atom is -0.465 e. The Hall–Kier alpha value is -3.36. The molecule has 0 bridgehead atoms. The third-order valence-corrected chi connectivity index (χ3v) is 5.20. The zero-order valence-corrected chi connectivity index (χ0v) is 17.5. The van der Waals surface area contributed by atoms with E-state index in [0.717, 1.165) is 0 Å². The highest BCUT2D eigenvalue weighted by molar-refractivity contribution is 7.14. The molecule has 0 aliphatic rings. The molecule has 1 heterocycles. The standard InChI is InChI=1S/C21H16ClNO6S/c1-27-20(25)13-8-7-12(11-15(13)21(26)28-2)29-17-6-4-3-5-16(17)23-19(24)14-9-10-30-18(14)22/h3-11H,1-2H3,(H,23,24). The Bertz CT molecular complexity index is 1110. The predicted octanol–water partition coefficient (Wildman–Crippen LogP) is 5.02. The maximum atomic E-state index is 12.5. The average Bonchev–Trinajstić information content (AvgIpc) is 3.20. The van der Waals surface area contributed by atoms with Crippen molar-refractivity contribution in [3.05, 3.63) is 74.9 Å². The number of methoxy groups -OCH3 is 2. The Morgan fingerprint density at radius 2 is 1.60 bits per heavy atom. The van der Waals surface area contributed by atoms with Gasteiger partial charge in [0.05, 0.1) is 36.6 Å². The number of hydrogen-bond donors (Lipinski definition) is 1. The third-order valence-electron chi connectivity index (χ3n) is 4.03. The Labute approximate surface area is 181 Å². The predicted molar refractivity (Wildman–Crippen MR) is 113 cm³/mol. The van der Waals surface area contributed by atoms with Crippen molar-refractivity contribution in [1.82, 2.24) is 0 Å². The van der Waals surface area contributed by atoms with Crippen molar-refractivity contribution in [2.24, 2.45) is 0 Å². The van der Waals surface area contributed by atoms with Crippen LogP contribution in [0, 0.1) is 0 Å². The van der Waals surface area contributed by atoms with Crippen LogP contribution in [-0.2, 0) is 9.47 Å². The van der Waals surface area contributed by atoms with E-state index in [9.17, 15) is 14.4 Å². The van der Waals surface area contributed by atoms with E-state index in [1.54, 1.807) is 35.7 Å². The maximum absolute atomic E-state index is 12.5. The molecule has 9 heteroatoms. The Balaban J connectivity index is 1.90. The van der Waals surface area contributed by atoms with Gasteiger partial charge < -0.3 is 19.5 Å². The summed E-state index contributed by atoms with van der Waals surface area (Å²) < 4.78 is 15.7. The molecule has 0 saturated carbocycles. The molecule has 1 N–H and O–H groups in total. The molecule has 7 nitrogen and oxygen atoms in total. The number of rotatable bonds is 6. The Kier molecular flexibility index (Phi) is 6.71. The van der Waals surface area contributed by atoms with E-state index >= 15 is 0 Å². The number of anilines is 1. The zero-order chi connectivity index (χ0) is 21.7. The van der Waals surface area contributed by atoms with Gasteiger partial charge in [-0.3, -0.25) is 4.79 Å². The van der Waals surface area contributed by atoms with Crippen LogP contribution in [0.25, 0.3) is 0 Å². The van der Waals surface area contributed by atoms with Crippen molar-refractivity contribution in [2.75, 3.05) is 19.5 Å². The number of nitrogens with one attached hydrogen (secondary N) is 1. The third kappa shape index (κ3) is 4.61. The lowest BCUT2D eigenvalue weighted by molar-refractivity contribution is 0.0555. The topological polar surface area (TPSA) is 90.9 Å². The first-order valence-corrected chi connectivity index (χ1v) is 9.82. The second-order valence-corrected chi connectivity index (χ2v) is 7.37. The summed E-state index contributed by atoms with van der Waals surface area (Å²) in [6, 6.07) is 12.7. The molecule has 30 heavy (non-hydrogen) atoms. The van der Waals surface area contributed by atoms with E-state index in [0.29, 0.717) is 21.3 Å². The molecule has 3 aromatic rings. The quantitative estimate of drug-likeness (QED) is 0.536. The lowest BCUT2D eigenvalue weighted by Crippen LogP contribution is -2.13. The summed E-state index contributed by atoms with van der Waals surface area (Å²) in [6.45, 7) is 0. The summed E-state index contributed by atoms with van der Waals surface area (Å²) >= 11 is 7.28. The highest BCUT2D eigenvalue weighted by atomic mass is 35.5. The molecule has 2 aromatic carbocycles. The Morgan fingerprint density at radius 3 is 2.27 bits per heavy atom. The fraction of sp³-hybridized carbons (Fsp3) is 0.0952. The average molecular weight is 446 g/mol. The van der Waals surface area contributed by atoms with Crippen LogP contribution >= 0.6 is 22.9 Å². The van der Waals surface area contributed by atoms with E-state index in [1.165, 1.54) is 43.8 Å². The van der Waals surface area contributed by atoms with Gasteiger partial charge in [0.1, 0.15) is 10.1 Å². The smallest absolute Gasteiger partial charge is 0.338 e. The molecule has 0 unspecified atom stereocenters. The zero-order valence-electron chi connectivity index (χ0n) is 15.9. The highest BCUT2D eigenvalue weighted by Crippen LogP contribution is 2.32. The molecule has 0 atom stereocenters. The normalized spacial score (nSPS) is 10.2. The molecular weight excluding hydrogens is 430 g/mol. The van der Waals surface area contributed by atoms with Crippen LogP contribution < -0.4 is 10.1 Å². The minimum atomic E-state index is -0.713. The fourth-order valence-electron chi connectivity index (χ4n) is 2.58. The van der Waals surface area contributed by atoms with Gasteiger partial charge in [-0.2, -0.15) is 0 Å². The van der Waals surface area contributed by atoms with Gasteiger partial charge in [0.2, 0.25) is 0 Å². The van der Waals surface area contributed by atoms with Gasteiger partial charge in [0, 0.05) is 0 Å². The van der Waals surface area contributed by atoms with Crippen LogP contribution in [0.5, 0.6) is 11.5 Å². The summed E-state index contributed by atoms with van der Waals surface area (Å²) in [6.07, 6.45) is 0. The van der Waals surface area contributed by atoms with E-state index < -0.39 is 11.9 Å². The minimum absolute atomic E-state index is 0.00609. The highest BCUT2D eigenvalue weighted by Gasteiger charge is 2.20. The van der Waals surface area contributed by atoms with E-state index in [-0.39, 0.29) is 22.8 Å². The first kappa shape index (κ1) is 21.4. The summed E-state index contributed by atoms with van der Waals surface area (Å²) in [5.41, 5.74) is 0.798. The number of ether oxygens (including phenoxy) is 3. The number of amides is 1. The number of para-hydroxylation sites is 2. The molecule has 1 aromatic heterocycles. The number of benzene rings is 2.